The van der Waals surface area contributed by atoms with Crippen LogP contribution < -0.4 is 5.32 Å². The average molecular weight is 214 g/mol. The quantitative estimate of drug-likeness (QED) is 0.773. The highest BCUT2D eigenvalue weighted by atomic mass is 35.5. The van der Waals surface area contributed by atoms with Crippen molar-refractivity contribution in [2.24, 2.45) is 0 Å². The minimum absolute atomic E-state index is 0.196. The highest BCUT2D eigenvalue weighted by Crippen LogP contribution is 2.13. The number of carbonyl (C=O) groups is 1. The summed E-state index contributed by atoms with van der Waals surface area (Å²) >= 11 is 5.92. The lowest BCUT2D eigenvalue weighted by molar-refractivity contribution is -0.139. The summed E-state index contributed by atoms with van der Waals surface area (Å²) < 4.78 is 4.48. The number of ether oxygens (including phenoxy) is 1. The Morgan fingerprint density at radius 3 is 2.86 bits per heavy atom. The van der Waals surface area contributed by atoms with E-state index in [0.29, 0.717) is 11.6 Å². The minimum atomic E-state index is -0.281. The van der Waals surface area contributed by atoms with Gasteiger partial charge in [-0.1, -0.05) is 29.8 Å². The van der Waals surface area contributed by atoms with E-state index in [2.05, 4.69) is 10.1 Å². The fraction of sp³-hybridized carbons (Fsp3) is 0.300. The van der Waals surface area contributed by atoms with Crippen LogP contribution in [0.25, 0.3) is 0 Å². The Balaban J connectivity index is 2.39. The standard InChI is InChI=1S/C10H12ClNO2/c1-14-10(13)7-12-6-8-4-2-3-5-9(8)11/h2-5,12H,6-7H2,1H3. The largest absolute Gasteiger partial charge is 0.468 e. The van der Waals surface area contributed by atoms with Crippen molar-refractivity contribution in [3.8, 4) is 0 Å². The molecule has 0 aliphatic rings. The third-order valence-electron chi connectivity index (χ3n) is 1.77. The van der Waals surface area contributed by atoms with Gasteiger partial charge < -0.3 is 10.1 Å². The molecule has 76 valence electrons. The second-order valence-corrected chi connectivity index (χ2v) is 3.18. The van der Waals surface area contributed by atoms with Crippen molar-refractivity contribution in [1.82, 2.24) is 5.32 Å². The molecule has 1 N–H and O–H groups in total. The Labute approximate surface area is 88.0 Å². The second kappa shape index (κ2) is 5.62. The molecule has 0 fully saturated rings. The van der Waals surface area contributed by atoms with E-state index in [1.165, 1.54) is 7.11 Å². The Bertz CT molecular complexity index is 315. The number of halogens is 1. The summed E-state index contributed by atoms with van der Waals surface area (Å²) in [6.45, 7) is 0.760. The van der Waals surface area contributed by atoms with Crippen molar-refractivity contribution in [1.29, 1.82) is 0 Å². The maximum Gasteiger partial charge on any atom is 0.319 e. The van der Waals surface area contributed by atoms with Crippen LogP contribution in [0.5, 0.6) is 0 Å². The van der Waals surface area contributed by atoms with E-state index in [-0.39, 0.29) is 12.5 Å². The number of hydrogen-bond donors (Lipinski definition) is 1. The van der Waals surface area contributed by atoms with E-state index in [1.54, 1.807) is 0 Å². The van der Waals surface area contributed by atoms with Gasteiger partial charge in [0.15, 0.2) is 0 Å². The number of nitrogens with one attached hydrogen (secondary N) is 1. The number of esters is 1. The van der Waals surface area contributed by atoms with Crippen molar-refractivity contribution in [2.45, 2.75) is 6.54 Å². The third kappa shape index (κ3) is 3.36. The van der Waals surface area contributed by atoms with E-state index in [4.69, 9.17) is 11.6 Å². The molecule has 1 rings (SSSR count). The van der Waals surface area contributed by atoms with Gasteiger partial charge in [0.25, 0.3) is 0 Å². The highest BCUT2D eigenvalue weighted by Gasteiger charge is 2.01. The Morgan fingerprint density at radius 2 is 2.21 bits per heavy atom. The zero-order valence-corrected chi connectivity index (χ0v) is 8.67. The number of rotatable bonds is 4. The van der Waals surface area contributed by atoms with Crippen molar-refractivity contribution >= 4 is 17.6 Å². The fourth-order valence-electron chi connectivity index (χ4n) is 1.01. The summed E-state index contributed by atoms with van der Waals surface area (Å²) in [6, 6.07) is 7.50. The molecule has 0 bridgehead atoms. The first kappa shape index (κ1) is 11.0. The predicted octanol–water partition coefficient (Wildman–Crippen LogP) is 1.60. The van der Waals surface area contributed by atoms with Gasteiger partial charge in [0.1, 0.15) is 0 Å². The lowest BCUT2D eigenvalue weighted by atomic mass is 10.2. The predicted molar refractivity (Wildman–Crippen MR) is 55.2 cm³/mol. The SMILES string of the molecule is COC(=O)CNCc1ccccc1Cl. The van der Waals surface area contributed by atoms with Gasteiger partial charge in [-0.15, -0.1) is 0 Å². The number of carbonyl (C=O) groups excluding carboxylic acids is 1. The summed E-state index contributed by atoms with van der Waals surface area (Å²) in [7, 11) is 1.36. The van der Waals surface area contributed by atoms with Gasteiger partial charge in [-0.3, -0.25) is 4.79 Å². The zero-order chi connectivity index (χ0) is 10.4. The van der Waals surface area contributed by atoms with Gasteiger partial charge >= 0.3 is 5.97 Å². The van der Waals surface area contributed by atoms with Gasteiger partial charge in [0.2, 0.25) is 0 Å². The van der Waals surface area contributed by atoms with E-state index in [0.717, 1.165) is 5.56 Å². The first-order chi connectivity index (χ1) is 6.74. The van der Waals surface area contributed by atoms with Crippen LogP contribution >= 0.6 is 11.6 Å². The van der Waals surface area contributed by atoms with Crippen LogP contribution in [-0.4, -0.2) is 19.6 Å². The smallest absolute Gasteiger partial charge is 0.319 e. The van der Waals surface area contributed by atoms with Gasteiger partial charge in [-0.05, 0) is 11.6 Å². The first-order valence-corrected chi connectivity index (χ1v) is 4.63. The van der Waals surface area contributed by atoms with E-state index in [9.17, 15) is 4.79 Å². The number of methoxy groups -OCH3 is 1. The number of benzene rings is 1. The molecule has 0 saturated carbocycles. The third-order valence-corrected chi connectivity index (χ3v) is 2.14. The Hall–Kier alpha value is -1.06. The molecule has 0 aliphatic heterocycles. The molecule has 0 heterocycles. The van der Waals surface area contributed by atoms with Crippen LogP contribution in [0.3, 0.4) is 0 Å². The van der Waals surface area contributed by atoms with Crippen LogP contribution in [0.15, 0.2) is 24.3 Å². The molecule has 0 unspecified atom stereocenters. The van der Waals surface area contributed by atoms with Crippen LogP contribution in [-0.2, 0) is 16.1 Å². The molecule has 0 radical (unpaired) electrons. The molecule has 14 heavy (non-hydrogen) atoms. The second-order valence-electron chi connectivity index (χ2n) is 2.77. The number of hydrogen-bond acceptors (Lipinski definition) is 3. The molecular weight excluding hydrogens is 202 g/mol. The lowest BCUT2D eigenvalue weighted by Gasteiger charge is -2.04. The van der Waals surface area contributed by atoms with E-state index in [1.807, 2.05) is 24.3 Å². The maximum absolute atomic E-state index is 10.8. The van der Waals surface area contributed by atoms with Gasteiger partial charge in [-0.2, -0.15) is 0 Å². The van der Waals surface area contributed by atoms with Crippen LogP contribution in [0.4, 0.5) is 0 Å². The summed E-state index contributed by atoms with van der Waals surface area (Å²) in [5.41, 5.74) is 0.970. The molecule has 0 amide bonds. The Morgan fingerprint density at radius 1 is 1.50 bits per heavy atom. The molecule has 0 aromatic heterocycles. The van der Waals surface area contributed by atoms with Gasteiger partial charge in [0.05, 0.1) is 13.7 Å². The summed E-state index contributed by atoms with van der Waals surface area (Å²) in [4.78, 5) is 10.8. The lowest BCUT2D eigenvalue weighted by Crippen LogP contribution is -2.23. The normalized spacial score (nSPS) is 9.86. The van der Waals surface area contributed by atoms with E-state index < -0.39 is 0 Å². The molecular formula is C10H12ClNO2. The first-order valence-electron chi connectivity index (χ1n) is 4.25. The topological polar surface area (TPSA) is 38.3 Å². The van der Waals surface area contributed by atoms with Crippen LogP contribution in [0.1, 0.15) is 5.56 Å². The van der Waals surface area contributed by atoms with Crippen molar-refractivity contribution in [3.05, 3.63) is 34.9 Å². The average Bonchev–Trinajstić information content (AvgIpc) is 2.20. The summed E-state index contributed by atoms with van der Waals surface area (Å²) in [6.07, 6.45) is 0. The molecule has 3 nitrogen and oxygen atoms in total. The summed E-state index contributed by atoms with van der Waals surface area (Å²) in [5, 5.41) is 3.63. The molecule has 0 aliphatic carbocycles. The minimum Gasteiger partial charge on any atom is -0.468 e. The van der Waals surface area contributed by atoms with Crippen LogP contribution in [0, 0.1) is 0 Å². The Kier molecular flexibility index (Phi) is 4.43. The van der Waals surface area contributed by atoms with Crippen molar-refractivity contribution in [2.75, 3.05) is 13.7 Å². The fourth-order valence-corrected chi connectivity index (χ4v) is 1.22. The van der Waals surface area contributed by atoms with Crippen LogP contribution in [0.2, 0.25) is 5.02 Å². The molecule has 1 aromatic rings. The van der Waals surface area contributed by atoms with Crippen molar-refractivity contribution in [3.63, 3.8) is 0 Å². The zero-order valence-electron chi connectivity index (χ0n) is 7.92. The monoisotopic (exact) mass is 213 g/mol. The maximum atomic E-state index is 10.8. The highest BCUT2D eigenvalue weighted by molar-refractivity contribution is 6.31. The molecule has 4 heteroatoms. The van der Waals surface area contributed by atoms with Gasteiger partial charge in [-0.25, -0.2) is 0 Å². The van der Waals surface area contributed by atoms with E-state index >= 15 is 0 Å². The summed E-state index contributed by atoms with van der Waals surface area (Å²) in [5.74, 6) is -0.281. The molecule has 0 spiro atoms. The molecule has 0 saturated heterocycles. The molecule has 1 aromatic carbocycles. The molecule has 0 atom stereocenters. The van der Waals surface area contributed by atoms with Gasteiger partial charge in [0, 0.05) is 11.6 Å². The van der Waals surface area contributed by atoms with Crippen molar-refractivity contribution < 1.29 is 9.53 Å².